The largest absolute Gasteiger partial charge is 0.466 e. The molecule has 1 aliphatic rings. The van der Waals surface area contributed by atoms with Gasteiger partial charge in [0.15, 0.2) is 0 Å². The molecule has 0 spiro atoms. The van der Waals surface area contributed by atoms with Crippen molar-refractivity contribution in [2.75, 3.05) is 24.6 Å². The number of hydrogen-bond acceptors (Lipinski definition) is 3. The number of esters is 1. The van der Waals surface area contributed by atoms with Gasteiger partial charge in [-0.3, -0.25) is 4.79 Å². The van der Waals surface area contributed by atoms with E-state index in [0.717, 1.165) is 54.8 Å². The summed E-state index contributed by atoms with van der Waals surface area (Å²) in [5.41, 5.74) is 4.00. The minimum absolute atomic E-state index is 0.235. The number of benzene rings is 3. The zero-order chi connectivity index (χ0) is 27.3. The molecule has 0 N–H and O–H groups in total. The van der Waals surface area contributed by atoms with E-state index >= 15 is 0 Å². The molecule has 3 nitrogen and oxygen atoms in total. The summed E-state index contributed by atoms with van der Waals surface area (Å²) in [5, 5.41) is 0. The maximum atomic E-state index is 13.2. The maximum absolute atomic E-state index is 13.2. The number of halogens is 3. The molecule has 3 aromatic rings. The summed E-state index contributed by atoms with van der Waals surface area (Å²) in [5.74, 6) is -0.187. The first-order valence-electron chi connectivity index (χ1n) is 13.4. The third kappa shape index (κ3) is 6.77. The van der Waals surface area contributed by atoms with Crippen LogP contribution < -0.4 is 4.90 Å². The van der Waals surface area contributed by atoms with Gasteiger partial charge in [-0.15, -0.1) is 0 Å². The van der Waals surface area contributed by atoms with Crippen LogP contribution in [0.1, 0.15) is 68.6 Å². The number of carbonyl (C=O) groups is 1. The summed E-state index contributed by atoms with van der Waals surface area (Å²) < 4.78 is 45.1. The summed E-state index contributed by atoms with van der Waals surface area (Å²) in [7, 11) is 0. The highest BCUT2D eigenvalue weighted by Gasteiger charge is 2.31. The van der Waals surface area contributed by atoms with Gasteiger partial charge in [0.1, 0.15) is 0 Å². The molecule has 0 bridgehead atoms. The third-order valence-corrected chi connectivity index (χ3v) is 7.22. The van der Waals surface area contributed by atoms with Crippen molar-refractivity contribution in [3.05, 3.63) is 89.5 Å². The molecular weight excluding hydrogens is 487 g/mol. The molecule has 1 aliphatic heterocycles. The molecule has 0 saturated carbocycles. The van der Waals surface area contributed by atoms with Crippen LogP contribution in [0, 0.1) is 5.92 Å². The Balaban J connectivity index is 1.76. The fourth-order valence-electron chi connectivity index (χ4n) is 5.34. The van der Waals surface area contributed by atoms with Crippen LogP contribution in [0.5, 0.6) is 0 Å². The predicted molar refractivity (Wildman–Crippen MR) is 146 cm³/mol. The SMILES string of the molecule is CCOC(=O)C(CC(C)C)c1cc(-c2ccc(C(F)(F)F)cc2)cc(C2CCCN(c3ccccc3)C2)c1. The smallest absolute Gasteiger partial charge is 0.416 e. The lowest BCUT2D eigenvalue weighted by atomic mass is 9.83. The first-order chi connectivity index (χ1) is 18.2. The average molecular weight is 524 g/mol. The van der Waals surface area contributed by atoms with Crippen LogP contribution in [0.4, 0.5) is 18.9 Å². The number of carbonyl (C=O) groups excluding carboxylic acids is 1. The van der Waals surface area contributed by atoms with E-state index in [1.807, 2.05) is 24.3 Å². The van der Waals surface area contributed by atoms with Gasteiger partial charge < -0.3 is 9.64 Å². The lowest BCUT2D eigenvalue weighted by molar-refractivity contribution is -0.145. The molecule has 38 heavy (non-hydrogen) atoms. The molecule has 3 aromatic carbocycles. The summed E-state index contributed by atoms with van der Waals surface area (Å²) in [6, 6.07) is 21.8. The zero-order valence-corrected chi connectivity index (χ0v) is 22.3. The highest BCUT2D eigenvalue weighted by molar-refractivity contribution is 5.79. The molecule has 4 rings (SSSR count). The van der Waals surface area contributed by atoms with Crippen molar-refractivity contribution in [2.24, 2.45) is 5.92 Å². The second kappa shape index (κ2) is 12.1. The second-order valence-corrected chi connectivity index (χ2v) is 10.5. The minimum atomic E-state index is -4.39. The zero-order valence-electron chi connectivity index (χ0n) is 22.3. The van der Waals surface area contributed by atoms with Gasteiger partial charge in [0.25, 0.3) is 0 Å². The number of anilines is 1. The van der Waals surface area contributed by atoms with Crippen molar-refractivity contribution in [1.82, 2.24) is 0 Å². The van der Waals surface area contributed by atoms with E-state index in [2.05, 4.69) is 43.0 Å². The molecule has 0 amide bonds. The Hall–Kier alpha value is -3.28. The molecule has 6 heteroatoms. The molecule has 1 fully saturated rings. The Morgan fingerprint density at radius 1 is 1.00 bits per heavy atom. The van der Waals surface area contributed by atoms with Gasteiger partial charge in [0, 0.05) is 24.7 Å². The number of alkyl halides is 3. The molecule has 0 aromatic heterocycles. The van der Waals surface area contributed by atoms with Crippen molar-refractivity contribution in [1.29, 1.82) is 0 Å². The standard InChI is InChI=1S/C32H36F3NO2/c1-4-38-31(37)30(17-22(2)3)27-19-25(23-12-14-28(15-13-23)32(33,34)35)18-26(20-27)24-9-8-16-36(21-24)29-10-6-5-7-11-29/h5-7,10-15,18-20,22,24,30H,4,8-9,16-17,21H2,1-3H3. The van der Waals surface area contributed by atoms with Crippen molar-refractivity contribution < 1.29 is 22.7 Å². The highest BCUT2D eigenvalue weighted by Crippen LogP contribution is 2.37. The van der Waals surface area contributed by atoms with Crippen molar-refractivity contribution in [3.8, 4) is 11.1 Å². The van der Waals surface area contributed by atoms with Gasteiger partial charge in [0.2, 0.25) is 0 Å². The third-order valence-electron chi connectivity index (χ3n) is 7.22. The number of nitrogens with zero attached hydrogens (tertiary/aromatic N) is 1. The van der Waals surface area contributed by atoms with Gasteiger partial charge >= 0.3 is 12.1 Å². The molecule has 2 unspecified atom stereocenters. The van der Waals surface area contributed by atoms with E-state index in [1.54, 1.807) is 6.92 Å². The predicted octanol–water partition coefficient (Wildman–Crippen LogP) is 8.45. The fraction of sp³-hybridized carbons (Fsp3) is 0.406. The van der Waals surface area contributed by atoms with Crippen molar-refractivity contribution >= 4 is 11.7 Å². The molecule has 0 aliphatic carbocycles. The van der Waals surface area contributed by atoms with Gasteiger partial charge in [-0.1, -0.05) is 62.4 Å². The topological polar surface area (TPSA) is 29.5 Å². The second-order valence-electron chi connectivity index (χ2n) is 10.5. The number of piperidine rings is 1. The minimum Gasteiger partial charge on any atom is -0.466 e. The molecule has 0 radical (unpaired) electrons. The normalized spacial score (nSPS) is 16.9. The lowest BCUT2D eigenvalue weighted by Gasteiger charge is -2.35. The first-order valence-corrected chi connectivity index (χ1v) is 13.4. The van der Waals surface area contributed by atoms with Gasteiger partial charge in [0.05, 0.1) is 18.1 Å². The monoisotopic (exact) mass is 523 g/mol. The first kappa shape index (κ1) is 27.7. The van der Waals surface area contributed by atoms with Crippen LogP contribution in [0.2, 0.25) is 0 Å². The highest BCUT2D eigenvalue weighted by atomic mass is 19.4. The van der Waals surface area contributed by atoms with Crippen LogP contribution in [0.3, 0.4) is 0 Å². The summed E-state index contributed by atoms with van der Waals surface area (Å²) in [6.07, 6.45) is -1.71. The van der Waals surface area contributed by atoms with Gasteiger partial charge in [-0.2, -0.15) is 13.2 Å². The quantitative estimate of drug-likeness (QED) is 0.278. The van der Waals surface area contributed by atoms with Crippen LogP contribution >= 0.6 is 0 Å². The van der Waals surface area contributed by atoms with E-state index < -0.39 is 17.7 Å². The summed E-state index contributed by atoms with van der Waals surface area (Å²) in [4.78, 5) is 15.4. The Morgan fingerprint density at radius 2 is 1.71 bits per heavy atom. The molecule has 1 heterocycles. The number of hydrogen-bond donors (Lipinski definition) is 0. The fourth-order valence-corrected chi connectivity index (χ4v) is 5.34. The van der Waals surface area contributed by atoms with E-state index in [4.69, 9.17) is 4.74 Å². The molecule has 2 atom stereocenters. The number of rotatable bonds is 8. The van der Waals surface area contributed by atoms with E-state index in [1.165, 1.54) is 17.8 Å². The van der Waals surface area contributed by atoms with Crippen LogP contribution in [-0.2, 0) is 15.7 Å². The summed E-state index contributed by atoms with van der Waals surface area (Å²) in [6.45, 7) is 8.07. The van der Waals surface area contributed by atoms with Gasteiger partial charge in [-0.05, 0) is 78.6 Å². The Kier molecular flexibility index (Phi) is 8.80. The Bertz CT molecular complexity index is 1210. The maximum Gasteiger partial charge on any atom is 0.416 e. The number of para-hydroxylation sites is 1. The van der Waals surface area contributed by atoms with Crippen LogP contribution in [0.25, 0.3) is 11.1 Å². The molecular formula is C32H36F3NO2. The van der Waals surface area contributed by atoms with Crippen LogP contribution in [0.15, 0.2) is 72.8 Å². The van der Waals surface area contributed by atoms with Crippen molar-refractivity contribution in [2.45, 2.75) is 58.0 Å². The average Bonchev–Trinajstić information content (AvgIpc) is 2.91. The van der Waals surface area contributed by atoms with E-state index in [9.17, 15) is 18.0 Å². The lowest BCUT2D eigenvalue weighted by Crippen LogP contribution is -2.34. The Labute approximate surface area is 223 Å². The van der Waals surface area contributed by atoms with Gasteiger partial charge in [-0.25, -0.2) is 0 Å². The van der Waals surface area contributed by atoms with Crippen molar-refractivity contribution in [3.63, 3.8) is 0 Å². The number of ether oxygens (including phenoxy) is 1. The molecule has 1 saturated heterocycles. The Morgan fingerprint density at radius 3 is 2.34 bits per heavy atom. The molecule has 202 valence electrons. The van der Waals surface area contributed by atoms with E-state index in [0.29, 0.717) is 18.6 Å². The van der Waals surface area contributed by atoms with E-state index in [-0.39, 0.29) is 17.8 Å². The summed E-state index contributed by atoms with van der Waals surface area (Å²) >= 11 is 0. The van der Waals surface area contributed by atoms with Crippen LogP contribution in [-0.4, -0.2) is 25.7 Å².